The van der Waals surface area contributed by atoms with Crippen LogP contribution >= 0.6 is 8.60 Å². The van der Waals surface area contributed by atoms with Crippen LogP contribution in [0, 0.1) is 0 Å². The normalized spacial score (nSPS) is 9.57. The molecule has 0 fully saturated rings. The first-order valence-electron chi connectivity index (χ1n) is 3.72. The van der Waals surface area contributed by atoms with E-state index in [2.05, 4.69) is 20.2 Å². The zero-order valence-corrected chi connectivity index (χ0v) is 9.24. The Hall–Kier alpha value is -0.0700. The summed E-state index contributed by atoms with van der Waals surface area (Å²) >= 11 is 0. The van der Waals surface area contributed by atoms with Crippen molar-refractivity contribution in [3.63, 3.8) is 0 Å². The van der Waals surface area contributed by atoms with Crippen molar-refractivity contribution in [2.24, 2.45) is 0 Å². The highest BCUT2D eigenvalue weighted by Gasteiger charge is 2.09. The molecule has 0 unspecified atom stereocenters. The number of hydrogen-bond donors (Lipinski definition) is 3. The molecule has 0 aromatic heterocycles. The molecule has 86 valence electrons. The zero-order valence-electron chi connectivity index (χ0n) is 8.34. The Balaban J connectivity index is 0. The molecule has 0 aliphatic heterocycles. The van der Waals surface area contributed by atoms with Gasteiger partial charge in [-0.05, 0) is 13.8 Å². The summed E-state index contributed by atoms with van der Waals surface area (Å²) in [6, 6.07) is 0. The van der Waals surface area contributed by atoms with Crippen LogP contribution in [0.3, 0.4) is 0 Å². The number of aliphatic hydroxyl groups is 3. The van der Waals surface area contributed by atoms with E-state index in [4.69, 9.17) is 15.3 Å². The quantitative estimate of drug-likeness (QED) is 0.352. The Kier molecular flexibility index (Phi) is 15.1. The lowest BCUT2D eigenvalue weighted by Gasteiger charge is -2.11. The summed E-state index contributed by atoms with van der Waals surface area (Å²) in [4.78, 5) is 0. The van der Waals surface area contributed by atoms with E-state index in [0.29, 0.717) is 0 Å². The Morgan fingerprint density at radius 3 is 1.36 bits per heavy atom. The second-order valence-electron chi connectivity index (χ2n) is 2.21. The fourth-order valence-corrected chi connectivity index (χ4v) is 0.760. The minimum Gasteiger partial charge on any atom is -0.370 e. The van der Waals surface area contributed by atoms with Crippen LogP contribution in [0.25, 0.3) is 0 Å². The van der Waals surface area contributed by atoms with E-state index in [-0.39, 0.29) is 0 Å². The second kappa shape index (κ2) is 12.9. The van der Waals surface area contributed by atoms with Crippen molar-refractivity contribution < 1.29 is 28.9 Å². The first-order valence-corrected chi connectivity index (χ1v) is 4.81. The first kappa shape index (κ1) is 16.4. The van der Waals surface area contributed by atoms with Crippen LogP contribution in [-0.4, -0.2) is 35.7 Å². The van der Waals surface area contributed by atoms with Crippen LogP contribution in [-0.2, 0) is 13.6 Å². The smallest absolute Gasteiger partial charge is 0.339 e. The van der Waals surface area contributed by atoms with Crippen molar-refractivity contribution in [3.05, 3.63) is 12.2 Å². The van der Waals surface area contributed by atoms with Crippen LogP contribution in [0.1, 0.15) is 13.8 Å². The summed E-state index contributed by atoms with van der Waals surface area (Å²) in [6.07, 6.45) is 0. The lowest BCUT2D eigenvalue weighted by Crippen LogP contribution is -1.97. The van der Waals surface area contributed by atoms with Crippen molar-refractivity contribution in [2.75, 3.05) is 20.4 Å². The molecular formula is C7H17O6P. The number of rotatable bonds is 6. The topological polar surface area (TPSA) is 88.4 Å². The average molecular weight is 228 g/mol. The van der Waals surface area contributed by atoms with Crippen LogP contribution in [0.15, 0.2) is 12.2 Å². The van der Waals surface area contributed by atoms with Crippen molar-refractivity contribution in [3.8, 4) is 0 Å². The van der Waals surface area contributed by atoms with E-state index in [1.165, 1.54) is 5.57 Å². The molecule has 0 saturated carbocycles. The molecule has 0 heterocycles. The number of hydrogen-bond acceptors (Lipinski definition) is 6. The molecule has 0 atom stereocenters. The van der Waals surface area contributed by atoms with Gasteiger partial charge in [0.2, 0.25) is 0 Å². The average Bonchev–Trinajstić information content (AvgIpc) is 2.04. The van der Waals surface area contributed by atoms with Gasteiger partial charge >= 0.3 is 8.60 Å². The van der Waals surface area contributed by atoms with Gasteiger partial charge in [0.25, 0.3) is 0 Å². The van der Waals surface area contributed by atoms with Crippen LogP contribution in [0.5, 0.6) is 0 Å². The van der Waals surface area contributed by atoms with Crippen molar-refractivity contribution >= 4 is 8.60 Å². The molecule has 0 aromatic rings. The number of aliphatic hydroxyl groups excluding tert-OH is 3. The molecule has 0 rings (SSSR count). The Labute approximate surface area is 84.7 Å². The van der Waals surface area contributed by atoms with Crippen molar-refractivity contribution in [2.45, 2.75) is 13.8 Å². The summed E-state index contributed by atoms with van der Waals surface area (Å²) in [6.45, 7) is 5.77. The van der Waals surface area contributed by atoms with Gasteiger partial charge in [-0.25, -0.2) is 0 Å². The van der Waals surface area contributed by atoms with E-state index >= 15 is 0 Å². The molecule has 0 aromatic carbocycles. The predicted octanol–water partition coefficient (Wildman–Crippen LogP) is 0.695. The highest BCUT2D eigenvalue weighted by molar-refractivity contribution is 7.41. The fraction of sp³-hybridized carbons (Fsp3) is 0.714. The van der Waals surface area contributed by atoms with Gasteiger partial charge in [0.1, 0.15) is 0 Å². The lowest BCUT2D eigenvalue weighted by atomic mass is 10.4. The highest BCUT2D eigenvalue weighted by atomic mass is 31.2. The third-order valence-corrected chi connectivity index (χ3v) is 1.47. The van der Waals surface area contributed by atoms with Gasteiger partial charge in [-0.3, -0.25) is 13.6 Å². The van der Waals surface area contributed by atoms with Gasteiger partial charge < -0.3 is 15.3 Å². The maximum Gasteiger partial charge on any atom is 0.339 e. The third-order valence-electron chi connectivity index (χ3n) is 0.489. The summed E-state index contributed by atoms with van der Waals surface area (Å²) in [5, 5.41) is 24.5. The van der Waals surface area contributed by atoms with Crippen LogP contribution in [0.4, 0.5) is 0 Å². The van der Waals surface area contributed by atoms with Crippen molar-refractivity contribution in [1.82, 2.24) is 0 Å². The SMILES string of the molecule is C=C(C)C.OCOP(OCO)OCO. The summed E-state index contributed by atoms with van der Waals surface area (Å²) < 4.78 is 13.1. The minimum atomic E-state index is -1.81. The zero-order chi connectivity index (χ0) is 11.4. The molecule has 6 nitrogen and oxygen atoms in total. The summed E-state index contributed by atoms with van der Waals surface area (Å²) in [5.41, 5.74) is 1.17. The van der Waals surface area contributed by atoms with E-state index in [0.717, 1.165) is 0 Å². The largest absolute Gasteiger partial charge is 0.370 e. The predicted molar refractivity (Wildman–Crippen MR) is 51.9 cm³/mol. The van der Waals surface area contributed by atoms with Gasteiger partial charge in [0.05, 0.1) is 0 Å². The van der Waals surface area contributed by atoms with Gasteiger partial charge in [-0.15, -0.1) is 6.58 Å². The summed E-state index contributed by atoms with van der Waals surface area (Å²) in [7, 11) is -1.81. The Morgan fingerprint density at radius 1 is 1.00 bits per heavy atom. The molecule has 0 saturated heterocycles. The maximum absolute atomic E-state index is 8.16. The van der Waals surface area contributed by atoms with E-state index in [1.54, 1.807) is 0 Å². The standard InChI is InChI=1S/C4H8.C3H9O6P/c1-4(2)3;4-1-7-10(8-2-5)9-3-6/h1H2,2-3H3;4-6H,1-3H2. The Bertz CT molecular complexity index is 113. The molecular weight excluding hydrogens is 211 g/mol. The van der Waals surface area contributed by atoms with E-state index in [1.807, 2.05) is 13.8 Å². The fourth-order valence-electron chi connectivity index (χ4n) is 0.253. The van der Waals surface area contributed by atoms with E-state index < -0.39 is 29.0 Å². The molecule has 3 N–H and O–H groups in total. The van der Waals surface area contributed by atoms with Gasteiger partial charge in [-0.2, -0.15) is 0 Å². The van der Waals surface area contributed by atoms with Gasteiger partial charge in [0, 0.05) is 0 Å². The Morgan fingerprint density at radius 2 is 1.21 bits per heavy atom. The molecule has 0 amide bonds. The molecule has 0 bridgehead atoms. The monoisotopic (exact) mass is 228 g/mol. The van der Waals surface area contributed by atoms with Crippen LogP contribution in [0.2, 0.25) is 0 Å². The van der Waals surface area contributed by atoms with Crippen molar-refractivity contribution in [1.29, 1.82) is 0 Å². The molecule has 14 heavy (non-hydrogen) atoms. The van der Waals surface area contributed by atoms with Gasteiger partial charge in [0.15, 0.2) is 20.4 Å². The van der Waals surface area contributed by atoms with E-state index in [9.17, 15) is 0 Å². The number of allylic oxidation sites excluding steroid dienone is 1. The highest BCUT2D eigenvalue weighted by Crippen LogP contribution is 2.38. The molecule has 0 spiro atoms. The first-order chi connectivity index (χ1) is 6.58. The van der Waals surface area contributed by atoms with Gasteiger partial charge in [-0.1, -0.05) is 5.57 Å². The second-order valence-corrected chi connectivity index (χ2v) is 3.43. The molecule has 0 aliphatic carbocycles. The maximum atomic E-state index is 8.16. The molecule has 0 aliphatic rings. The lowest BCUT2D eigenvalue weighted by molar-refractivity contribution is 0.00275. The molecule has 0 radical (unpaired) electrons. The van der Waals surface area contributed by atoms with Crippen LogP contribution < -0.4 is 0 Å². The third kappa shape index (κ3) is 17.9. The summed E-state index contributed by atoms with van der Waals surface area (Å²) in [5.74, 6) is 0. The minimum absolute atomic E-state index is 0.578. The molecule has 7 heteroatoms.